The maximum atomic E-state index is 13.5. The summed E-state index contributed by atoms with van der Waals surface area (Å²) in [4.78, 5) is 0. The van der Waals surface area contributed by atoms with Gasteiger partial charge in [-0.3, -0.25) is 0 Å². The van der Waals surface area contributed by atoms with Gasteiger partial charge in [-0.15, -0.1) is 0 Å². The second-order valence-corrected chi connectivity index (χ2v) is 6.66. The average molecular weight is 417 g/mol. The summed E-state index contributed by atoms with van der Waals surface area (Å²) >= 11 is 6.62. The lowest BCUT2D eigenvalue weighted by Crippen LogP contribution is -2.11. The van der Waals surface area contributed by atoms with E-state index in [0.717, 1.165) is 27.7 Å². The highest BCUT2D eigenvalue weighted by Gasteiger charge is 2.16. The molecule has 0 fully saturated rings. The van der Waals surface area contributed by atoms with Gasteiger partial charge >= 0.3 is 0 Å². The molecule has 112 valence electrons. The van der Waals surface area contributed by atoms with E-state index in [2.05, 4.69) is 37.2 Å². The molecule has 0 bridgehead atoms. The second-order valence-electron chi connectivity index (χ2n) is 4.89. The van der Waals surface area contributed by atoms with Crippen LogP contribution in [0.15, 0.2) is 39.3 Å². The van der Waals surface area contributed by atoms with Crippen molar-refractivity contribution < 1.29 is 9.50 Å². The van der Waals surface area contributed by atoms with Crippen molar-refractivity contribution in [1.82, 2.24) is 0 Å². The molecular formula is C16H16Br2FNO. The van der Waals surface area contributed by atoms with E-state index in [-0.39, 0.29) is 17.6 Å². The summed E-state index contributed by atoms with van der Waals surface area (Å²) in [5.41, 5.74) is 2.48. The summed E-state index contributed by atoms with van der Waals surface area (Å²) in [5.74, 6) is -0.0345. The lowest BCUT2D eigenvalue weighted by atomic mass is 10.0. The van der Waals surface area contributed by atoms with Crippen molar-refractivity contribution in [2.45, 2.75) is 26.3 Å². The van der Waals surface area contributed by atoms with Crippen LogP contribution in [0.4, 0.5) is 10.1 Å². The molecule has 5 heteroatoms. The van der Waals surface area contributed by atoms with Gasteiger partial charge in [0.25, 0.3) is 0 Å². The third-order valence-electron chi connectivity index (χ3n) is 3.37. The zero-order valence-electron chi connectivity index (χ0n) is 11.8. The number of hydrogen-bond acceptors (Lipinski definition) is 2. The van der Waals surface area contributed by atoms with E-state index < -0.39 is 0 Å². The predicted octanol–water partition coefficient (Wildman–Crippen LogP) is 5.93. The summed E-state index contributed by atoms with van der Waals surface area (Å²) < 4.78 is 14.8. The van der Waals surface area contributed by atoms with Gasteiger partial charge in [-0.25, -0.2) is 4.39 Å². The number of aromatic hydroxyl groups is 1. The number of benzene rings is 2. The van der Waals surface area contributed by atoms with Crippen LogP contribution in [-0.4, -0.2) is 5.11 Å². The zero-order chi connectivity index (χ0) is 15.6. The van der Waals surface area contributed by atoms with Crippen LogP contribution in [-0.2, 0) is 0 Å². The molecule has 0 aliphatic carbocycles. The molecule has 1 unspecified atom stereocenters. The number of aryl methyl sites for hydroxylation is 1. The van der Waals surface area contributed by atoms with Gasteiger partial charge in [0, 0.05) is 15.7 Å². The summed E-state index contributed by atoms with van der Waals surface area (Å²) in [6.45, 7) is 3.89. The molecule has 2 aromatic rings. The third-order valence-corrected chi connectivity index (χ3v) is 4.47. The topological polar surface area (TPSA) is 32.3 Å². The first-order valence-corrected chi connectivity index (χ1v) is 8.21. The van der Waals surface area contributed by atoms with Gasteiger partial charge in [-0.1, -0.05) is 22.9 Å². The lowest BCUT2D eigenvalue weighted by Gasteiger charge is -2.21. The minimum absolute atomic E-state index is 0.0569. The van der Waals surface area contributed by atoms with E-state index in [1.54, 1.807) is 18.2 Å². The van der Waals surface area contributed by atoms with E-state index in [1.807, 2.05) is 19.9 Å². The van der Waals surface area contributed by atoms with Crippen LogP contribution in [0, 0.1) is 12.7 Å². The molecule has 0 amide bonds. The molecule has 21 heavy (non-hydrogen) atoms. The fraction of sp³-hybridized carbons (Fsp3) is 0.250. The average Bonchev–Trinajstić information content (AvgIpc) is 2.44. The quantitative estimate of drug-likeness (QED) is 0.647. The Morgan fingerprint density at radius 1 is 1.24 bits per heavy atom. The number of hydrogen-bond donors (Lipinski definition) is 2. The molecule has 0 aliphatic rings. The summed E-state index contributed by atoms with van der Waals surface area (Å²) in [6, 6.07) is 8.51. The van der Waals surface area contributed by atoms with E-state index in [1.165, 1.54) is 6.07 Å². The van der Waals surface area contributed by atoms with Gasteiger partial charge in [0.1, 0.15) is 11.6 Å². The van der Waals surface area contributed by atoms with Crippen molar-refractivity contribution in [3.63, 3.8) is 0 Å². The Bertz CT molecular complexity index is 661. The maximum absolute atomic E-state index is 13.5. The largest absolute Gasteiger partial charge is 0.508 e. The van der Waals surface area contributed by atoms with Gasteiger partial charge < -0.3 is 10.4 Å². The highest BCUT2D eigenvalue weighted by atomic mass is 79.9. The van der Waals surface area contributed by atoms with E-state index in [9.17, 15) is 9.50 Å². The molecule has 0 heterocycles. The smallest absolute Gasteiger partial charge is 0.137 e. The van der Waals surface area contributed by atoms with Crippen molar-refractivity contribution in [3.05, 3.63) is 56.2 Å². The van der Waals surface area contributed by atoms with Crippen LogP contribution in [0.25, 0.3) is 0 Å². The normalized spacial score (nSPS) is 12.2. The van der Waals surface area contributed by atoms with Gasteiger partial charge in [0.2, 0.25) is 0 Å². The Hall–Kier alpha value is -1.07. The number of anilines is 1. The monoisotopic (exact) mass is 415 g/mol. The first-order chi connectivity index (χ1) is 9.92. The first kappa shape index (κ1) is 16.3. The zero-order valence-corrected chi connectivity index (χ0v) is 14.9. The van der Waals surface area contributed by atoms with Crippen molar-refractivity contribution in [2.75, 3.05) is 5.32 Å². The van der Waals surface area contributed by atoms with Gasteiger partial charge in [-0.2, -0.15) is 0 Å². The lowest BCUT2D eigenvalue weighted by molar-refractivity contribution is 0.462. The molecule has 2 N–H and O–H groups in total. The first-order valence-electron chi connectivity index (χ1n) is 6.63. The molecule has 0 spiro atoms. The Labute approximate surface area is 140 Å². The van der Waals surface area contributed by atoms with E-state index in [4.69, 9.17) is 0 Å². The van der Waals surface area contributed by atoms with Crippen LogP contribution >= 0.6 is 31.9 Å². The van der Waals surface area contributed by atoms with Crippen LogP contribution in [0.2, 0.25) is 0 Å². The number of phenols is 1. The highest BCUT2D eigenvalue weighted by molar-refractivity contribution is 9.10. The molecule has 0 saturated heterocycles. The van der Waals surface area contributed by atoms with Crippen molar-refractivity contribution >= 4 is 37.5 Å². The summed E-state index contributed by atoms with van der Waals surface area (Å²) in [7, 11) is 0. The van der Waals surface area contributed by atoms with Crippen LogP contribution in [0.3, 0.4) is 0 Å². The van der Waals surface area contributed by atoms with Crippen LogP contribution in [0.5, 0.6) is 5.75 Å². The maximum Gasteiger partial charge on any atom is 0.137 e. The molecule has 0 radical (unpaired) electrons. The van der Waals surface area contributed by atoms with Gasteiger partial charge in [-0.05, 0) is 65.2 Å². The Balaban J connectivity index is 2.35. The van der Waals surface area contributed by atoms with Gasteiger partial charge in [0.05, 0.1) is 10.5 Å². The highest BCUT2D eigenvalue weighted by Crippen LogP contribution is 2.33. The predicted molar refractivity (Wildman–Crippen MR) is 91.3 cm³/mol. The van der Waals surface area contributed by atoms with E-state index >= 15 is 0 Å². The minimum atomic E-state index is -0.281. The molecular weight excluding hydrogens is 401 g/mol. The molecule has 1 atom stereocenters. The number of phenolic OH excluding ortho intramolecular Hbond substituents is 1. The summed E-state index contributed by atoms with van der Waals surface area (Å²) in [5, 5.41) is 13.4. The third kappa shape index (κ3) is 3.77. The molecule has 2 rings (SSSR count). The van der Waals surface area contributed by atoms with E-state index in [0.29, 0.717) is 4.47 Å². The van der Waals surface area contributed by atoms with Crippen LogP contribution < -0.4 is 5.32 Å². The standard InChI is InChI=1S/C16H16Br2FNO/c1-3-14(11-7-10(17)4-5-16(11)21)20-15-8-12(18)13(19)6-9(15)2/h4-8,14,20-21H,3H2,1-2H3. The van der Waals surface area contributed by atoms with Crippen molar-refractivity contribution in [1.29, 1.82) is 0 Å². The fourth-order valence-electron chi connectivity index (χ4n) is 2.19. The fourth-order valence-corrected chi connectivity index (χ4v) is 2.92. The Kier molecular flexibility index (Phi) is 5.27. The summed E-state index contributed by atoms with van der Waals surface area (Å²) in [6.07, 6.45) is 0.790. The molecule has 0 aliphatic heterocycles. The number of rotatable bonds is 4. The molecule has 0 saturated carbocycles. The van der Waals surface area contributed by atoms with Crippen molar-refractivity contribution in [3.8, 4) is 5.75 Å². The number of nitrogens with one attached hydrogen (secondary N) is 1. The number of halogens is 3. The molecule has 0 aromatic heterocycles. The molecule has 2 nitrogen and oxygen atoms in total. The second kappa shape index (κ2) is 6.79. The Morgan fingerprint density at radius 3 is 2.62 bits per heavy atom. The van der Waals surface area contributed by atoms with Crippen molar-refractivity contribution in [2.24, 2.45) is 0 Å². The van der Waals surface area contributed by atoms with Crippen LogP contribution in [0.1, 0.15) is 30.5 Å². The Morgan fingerprint density at radius 2 is 1.95 bits per heavy atom. The van der Waals surface area contributed by atoms with Gasteiger partial charge in [0.15, 0.2) is 0 Å². The minimum Gasteiger partial charge on any atom is -0.508 e. The molecule has 2 aromatic carbocycles. The SMILES string of the molecule is CCC(Nc1cc(Br)c(F)cc1C)c1cc(Br)ccc1O.